The van der Waals surface area contributed by atoms with E-state index in [1.165, 1.54) is 7.11 Å². The summed E-state index contributed by atoms with van der Waals surface area (Å²) in [5, 5.41) is 19.0. The minimum atomic E-state index is -0.643. The number of rotatable bonds is 3. The zero-order chi connectivity index (χ0) is 12.3. The summed E-state index contributed by atoms with van der Waals surface area (Å²) >= 11 is 0. The SMILES string of the molecule is CCOC(=O)c1c(O)cc(O)c(OC)c1C. The molecule has 2 N–H and O–H groups in total. The summed E-state index contributed by atoms with van der Waals surface area (Å²) in [6.07, 6.45) is 0. The zero-order valence-corrected chi connectivity index (χ0v) is 9.40. The van der Waals surface area contributed by atoms with Gasteiger partial charge in [0, 0.05) is 11.6 Å². The van der Waals surface area contributed by atoms with Crippen LogP contribution < -0.4 is 4.74 Å². The molecule has 0 aliphatic carbocycles. The number of aromatic hydroxyl groups is 2. The van der Waals surface area contributed by atoms with Crippen molar-refractivity contribution in [1.29, 1.82) is 0 Å². The Morgan fingerprint density at radius 2 is 2.00 bits per heavy atom. The van der Waals surface area contributed by atoms with Crippen molar-refractivity contribution in [3.63, 3.8) is 0 Å². The normalized spacial score (nSPS) is 9.94. The lowest BCUT2D eigenvalue weighted by Gasteiger charge is -2.12. The summed E-state index contributed by atoms with van der Waals surface area (Å²) in [6, 6.07) is 1.05. The van der Waals surface area contributed by atoms with E-state index in [9.17, 15) is 15.0 Å². The summed E-state index contributed by atoms with van der Waals surface area (Å²) in [5.74, 6) is -1.03. The van der Waals surface area contributed by atoms with Gasteiger partial charge in [0.2, 0.25) is 0 Å². The zero-order valence-electron chi connectivity index (χ0n) is 9.40. The average Bonchev–Trinajstić information content (AvgIpc) is 2.17. The van der Waals surface area contributed by atoms with Gasteiger partial charge in [-0.15, -0.1) is 0 Å². The molecule has 16 heavy (non-hydrogen) atoms. The van der Waals surface area contributed by atoms with Crippen molar-refractivity contribution < 1.29 is 24.5 Å². The molecule has 0 bridgehead atoms. The Hall–Kier alpha value is -1.91. The number of methoxy groups -OCH3 is 1. The van der Waals surface area contributed by atoms with Crippen LogP contribution in [-0.2, 0) is 4.74 Å². The Morgan fingerprint density at radius 1 is 1.38 bits per heavy atom. The van der Waals surface area contributed by atoms with Gasteiger partial charge in [-0.1, -0.05) is 0 Å². The minimum absolute atomic E-state index is 0.0106. The van der Waals surface area contributed by atoms with Crippen LogP contribution in [0.25, 0.3) is 0 Å². The van der Waals surface area contributed by atoms with Gasteiger partial charge in [0.05, 0.1) is 13.7 Å². The molecule has 88 valence electrons. The predicted octanol–water partition coefficient (Wildman–Crippen LogP) is 1.59. The van der Waals surface area contributed by atoms with Crippen LogP contribution in [0.5, 0.6) is 17.2 Å². The van der Waals surface area contributed by atoms with Crippen LogP contribution in [0.2, 0.25) is 0 Å². The Kier molecular flexibility index (Phi) is 3.60. The Morgan fingerprint density at radius 3 is 2.50 bits per heavy atom. The molecule has 0 amide bonds. The molecule has 0 fully saturated rings. The Labute approximate surface area is 93.2 Å². The second kappa shape index (κ2) is 4.74. The summed E-state index contributed by atoms with van der Waals surface area (Å²) in [7, 11) is 1.37. The van der Waals surface area contributed by atoms with Crippen molar-refractivity contribution in [2.24, 2.45) is 0 Å². The highest BCUT2D eigenvalue weighted by atomic mass is 16.5. The number of ether oxygens (including phenoxy) is 2. The predicted molar refractivity (Wildman–Crippen MR) is 57.0 cm³/mol. The number of esters is 1. The average molecular weight is 226 g/mol. The Bertz CT molecular complexity index is 411. The van der Waals surface area contributed by atoms with Gasteiger partial charge in [0.25, 0.3) is 0 Å². The van der Waals surface area contributed by atoms with Gasteiger partial charge >= 0.3 is 5.97 Å². The van der Waals surface area contributed by atoms with Crippen molar-refractivity contribution in [2.75, 3.05) is 13.7 Å². The highest BCUT2D eigenvalue weighted by Crippen LogP contribution is 2.37. The van der Waals surface area contributed by atoms with E-state index in [-0.39, 0.29) is 29.4 Å². The first-order valence-electron chi connectivity index (χ1n) is 4.79. The molecule has 1 aromatic carbocycles. The first-order valence-corrected chi connectivity index (χ1v) is 4.79. The molecule has 0 unspecified atom stereocenters. The van der Waals surface area contributed by atoms with Gasteiger partial charge in [-0.05, 0) is 13.8 Å². The Balaban J connectivity index is 3.33. The maximum absolute atomic E-state index is 11.5. The molecule has 5 heteroatoms. The van der Waals surface area contributed by atoms with Gasteiger partial charge in [-0.3, -0.25) is 0 Å². The van der Waals surface area contributed by atoms with E-state index in [0.717, 1.165) is 6.07 Å². The molecule has 0 aliphatic heterocycles. The highest BCUT2D eigenvalue weighted by molar-refractivity contribution is 5.95. The number of phenolic OH excluding ortho intramolecular Hbond substituents is 2. The largest absolute Gasteiger partial charge is 0.507 e. The van der Waals surface area contributed by atoms with Crippen LogP contribution >= 0.6 is 0 Å². The summed E-state index contributed by atoms with van der Waals surface area (Å²) in [4.78, 5) is 11.5. The molecule has 0 saturated carbocycles. The van der Waals surface area contributed by atoms with Gasteiger partial charge in [0.1, 0.15) is 11.3 Å². The second-order valence-corrected chi connectivity index (χ2v) is 3.17. The van der Waals surface area contributed by atoms with E-state index < -0.39 is 5.97 Å². The van der Waals surface area contributed by atoms with Crippen LogP contribution in [-0.4, -0.2) is 29.9 Å². The molecule has 0 saturated heterocycles. The topological polar surface area (TPSA) is 76.0 Å². The van der Waals surface area contributed by atoms with Crippen molar-refractivity contribution in [3.8, 4) is 17.2 Å². The van der Waals surface area contributed by atoms with Crippen LogP contribution in [0.1, 0.15) is 22.8 Å². The number of phenols is 2. The molecular weight excluding hydrogens is 212 g/mol. The quantitative estimate of drug-likeness (QED) is 0.765. The summed E-state index contributed by atoms with van der Waals surface area (Å²) in [6.45, 7) is 3.44. The molecule has 0 heterocycles. The van der Waals surface area contributed by atoms with E-state index >= 15 is 0 Å². The molecule has 5 nitrogen and oxygen atoms in total. The van der Waals surface area contributed by atoms with Crippen molar-refractivity contribution in [2.45, 2.75) is 13.8 Å². The number of carbonyl (C=O) groups excluding carboxylic acids is 1. The number of hydrogen-bond donors (Lipinski definition) is 2. The van der Waals surface area contributed by atoms with E-state index in [0.29, 0.717) is 5.56 Å². The molecule has 1 aromatic rings. The maximum atomic E-state index is 11.5. The smallest absolute Gasteiger partial charge is 0.342 e. The van der Waals surface area contributed by atoms with Crippen LogP contribution in [0.15, 0.2) is 6.07 Å². The molecule has 0 aromatic heterocycles. The molecule has 0 radical (unpaired) electrons. The lowest BCUT2D eigenvalue weighted by Crippen LogP contribution is -2.08. The third kappa shape index (κ3) is 2.03. The number of carbonyl (C=O) groups is 1. The second-order valence-electron chi connectivity index (χ2n) is 3.17. The minimum Gasteiger partial charge on any atom is -0.507 e. The highest BCUT2D eigenvalue weighted by Gasteiger charge is 2.21. The van der Waals surface area contributed by atoms with Gasteiger partial charge < -0.3 is 19.7 Å². The van der Waals surface area contributed by atoms with Crippen LogP contribution in [0.3, 0.4) is 0 Å². The molecule has 0 aliphatic rings. The van der Waals surface area contributed by atoms with E-state index in [1.54, 1.807) is 13.8 Å². The van der Waals surface area contributed by atoms with Gasteiger partial charge in [-0.2, -0.15) is 0 Å². The van der Waals surface area contributed by atoms with Gasteiger partial charge in [-0.25, -0.2) is 4.79 Å². The first kappa shape index (κ1) is 12.2. The third-order valence-electron chi connectivity index (χ3n) is 2.16. The van der Waals surface area contributed by atoms with E-state index in [4.69, 9.17) is 9.47 Å². The third-order valence-corrected chi connectivity index (χ3v) is 2.16. The van der Waals surface area contributed by atoms with Crippen molar-refractivity contribution >= 4 is 5.97 Å². The lowest BCUT2D eigenvalue weighted by atomic mass is 10.1. The fourth-order valence-electron chi connectivity index (χ4n) is 1.48. The number of benzene rings is 1. The van der Waals surface area contributed by atoms with Crippen LogP contribution in [0, 0.1) is 6.92 Å². The van der Waals surface area contributed by atoms with E-state index in [1.807, 2.05) is 0 Å². The molecular formula is C11H14O5. The monoisotopic (exact) mass is 226 g/mol. The van der Waals surface area contributed by atoms with Crippen LogP contribution in [0.4, 0.5) is 0 Å². The standard InChI is InChI=1S/C11H14O5/c1-4-16-11(14)9-6(2)10(15-3)8(13)5-7(9)12/h5,12-13H,4H2,1-3H3. The number of hydrogen-bond acceptors (Lipinski definition) is 5. The molecule has 1 rings (SSSR count). The fraction of sp³-hybridized carbons (Fsp3) is 0.364. The van der Waals surface area contributed by atoms with E-state index in [2.05, 4.69) is 0 Å². The fourth-order valence-corrected chi connectivity index (χ4v) is 1.48. The molecule has 0 spiro atoms. The van der Waals surface area contributed by atoms with Crippen molar-refractivity contribution in [1.82, 2.24) is 0 Å². The van der Waals surface area contributed by atoms with Crippen molar-refractivity contribution in [3.05, 3.63) is 17.2 Å². The maximum Gasteiger partial charge on any atom is 0.342 e. The molecule has 0 atom stereocenters. The summed E-state index contributed by atoms with van der Waals surface area (Å²) < 4.78 is 9.72. The van der Waals surface area contributed by atoms with Gasteiger partial charge in [0.15, 0.2) is 11.5 Å². The first-order chi connectivity index (χ1) is 7.52. The summed E-state index contributed by atoms with van der Waals surface area (Å²) in [5.41, 5.74) is 0.356. The lowest BCUT2D eigenvalue weighted by molar-refractivity contribution is 0.0521.